The predicted molar refractivity (Wildman–Crippen MR) is 151 cm³/mol. The Morgan fingerprint density at radius 1 is 1.00 bits per heavy atom. The molecule has 1 aromatic rings. The number of carbonyl (C=O) groups excluding carboxylic acids is 4. The second kappa shape index (κ2) is 13.0. The molecule has 1 saturated heterocycles. The van der Waals surface area contributed by atoms with E-state index in [4.69, 9.17) is 4.74 Å². The van der Waals surface area contributed by atoms with Crippen LogP contribution < -0.4 is 21.3 Å². The third-order valence-electron chi connectivity index (χ3n) is 8.43. The smallest absolute Gasteiger partial charge is 0.410 e. The molecule has 0 radical (unpaired) electrons. The summed E-state index contributed by atoms with van der Waals surface area (Å²) in [5, 5.41) is 11.7. The summed E-state index contributed by atoms with van der Waals surface area (Å²) in [5.41, 5.74) is 1.79. The van der Waals surface area contributed by atoms with Gasteiger partial charge in [0.1, 0.15) is 18.2 Å². The molecule has 3 aliphatic rings. The lowest BCUT2D eigenvalue weighted by Gasteiger charge is -2.35. The number of rotatable bonds is 7. The first-order chi connectivity index (χ1) is 19.1. The van der Waals surface area contributed by atoms with E-state index in [9.17, 15) is 19.2 Å². The highest BCUT2D eigenvalue weighted by Crippen LogP contribution is 2.28. The van der Waals surface area contributed by atoms with Gasteiger partial charge < -0.3 is 30.9 Å². The molecule has 0 spiro atoms. The molecule has 0 unspecified atom stereocenters. The first-order valence-corrected chi connectivity index (χ1v) is 14.6. The van der Waals surface area contributed by atoms with Crippen molar-refractivity contribution in [3.8, 4) is 0 Å². The second-order valence-corrected chi connectivity index (χ2v) is 12.4. The van der Waals surface area contributed by atoms with Crippen molar-refractivity contribution in [2.24, 2.45) is 11.3 Å². The number of amides is 4. The van der Waals surface area contributed by atoms with Crippen LogP contribution >= 0.6 is 0 Å². The fourth-order valence-electron chi connectivity index (χ4n) is 6.04. The molecule has 220 valence electrons. The van der Waals surface area contributed by atoms with Gasteiger partial charge in [-0.2, -0.15) is 0 Å². The number of fused-ring (bicyclic) bond motifs is 1. The lowest BCUT2D eigenvalue weighted by molar-refractivity contribution is -0.135. The Morgan fingerprint density at radius 3 is 2.38 bits per heavy atom. The van der Waals surface area contributed by atoms with E-state index in [1.807, 2.05) is 39.0 Å². The zero-order valence-corrected chi connectivity index (χ0v) is 24.3. The van der Waals surface area contributed by atoms with Crippen LogP contribution in [0.4, 0.5) is 4.79 Å². The summed E-state index contributed by atoms with van der Waals surface area (Å²) in [6.07, 6.45) is 5.29. The number of likely N-dealkylation sites (N-methyl/N-ethyl adjacent to an activating group) is 1. The van der Waals surface area contributed by atoms with E-state index < -0.39 is 29.6 Å². The van der Waals surface area contributed by atoms with Crippen molar-refractivity contribution in [1.82, 2.24) is 26.2 Å². The van der Waals surface area contributed by atoms with E-state index in [0.29, 0.717) is 26.1 Å². The minimum Gasteiger partial charge on any atom is -0.445 e. The Hall–Kier alpha value is -3.14. The Kier molecular flexibility index (Phi) is 9.71. The van der Waals surface area contributed by atoms with Crippen LogP contribution in [0.2, 0.25) is 0 Å². The third kappa shape index (κ3) is 7.33. The van der Waals surface area contributed by atoms with Crippen LogP contribution in [0.3, 0.4) is 0 Å². The van der Waals surface area contributed by atoms with Gasteiger partial charge in [0.05, 0.1) is 6.04 Å². The average Bonchev–Trinajstić information content (AvgIpc) is 3.42. The second-order valence-electron chi connectivity index (χ2n) is 12.4. The van der Waals surface area contributed by atoms with E-state index >= 15 is 0 Å². The van der Waals surface area contributed by atoms with Gasteiger partial charge in [-0.3, -0.25) is 14.4 Å². The van der Waals surface area contributed by atoms with Crippen LogP contribution in [0.25, 0.3) is 0 Å². The number of hydrogen-bond donors (Lipinski definition) is 4. The van der Waals surface area contributed by atoms with Gasteiger partial charge in [0.25, 0.3) is 0 Å². The molecule has 0 bridgehead atoms. The van der Waals surface area contributed by atoms with Gasteiger partial charge in [-0.1, -0.05) is 64.3 Å². The van der Waals surface area contributed by atoms with Crippen molar-refractivity contribution in [2.45, 2.75) is 96.5 Å². The van der Waals surface area contributed by atoms with Gasteiger partial charge in [-0.15, -0.1) is 0 Å². The molecule has 4 N–H and O–H groups in total. The van der Waals surface area contributed by atoms with Crippen molar-refractivity contribution >= 4 is 23.8 Å². The number of nitrogens with one attached hydrogen (secondary N) is 4. The quantitative estimate of drug-likeness (QED) is 0.409. The Morgan fingerprint density at radius 2 is 1.70 bits per heavy atom. The topological polar surface area (TPSA) is 129 Å². The maximum atomic E-state index is 13.5. The zero-order valence-electron chi connectivity index (χ0n) is 24.3. The number of carbonyl (C=O) groups is 4. The molecular weight excluding hydrogens is 510 g/mol. The predicted octanol–water partition coefficient (Wildman–Crippen LogP) is 2.25. The fraction of sp³-hybridized carbons (Fsp3) is 0.667. The molecule has 1 aliphatic carbocycles. The molecule has 10 heteroatoms. The van der Waals surface area contributed by atoms with E-state index in [0.717, 1.165) is 44.1 Å². The summed E-state index contributed by atoms with van der Waals surface area (Å²) in [6.45, 7) is 7.13. The minimum atomic E-state index is -0.840. The van der Waals surface area contributed by atoms with E-state index in [1.54, 1.807) is 11.9 Å². The molecule has 40 heavy (non-hydrogen) atoms. The van der Waals surface area contributed by atoms with Crippen LogP contribution in [0.5, 0.6) is 0 Å². The van der Waals surface area contributed by atoms with E-state index in [1.165, 1.54) is 5.56 Å². The Labute approximate surface area is 237 Å². The minimum absolute atomic E-state index is 0.0781. The maximum absolute atomic E-state index is 13.5. The van der Waals surface area contributed by atoms with Crippen LogP contribution in [0.1, 0.15) is 70.4 Å². The highest BCUT2D eigenvalue weighted by atomic mass is 16.6. The first-order valence-electron chi connectivity index (χ1n) is 14.6. The lowest BCUT2D eigenvalue weighted by Crippen LogP contribution is -2.60. The van der Waals surface area contributed by atoms with Crippen molar-refractivity contribution in [2.75, 3.05) is 20.1 Å². The molecule has 4 amide bonds. The molecule has 4 rings (SSSR count). The molecule has 2 fully saturated rings. The number of benzene rings is 1. The maximum Gasteiger partial charge on any atom is 0.410 e. The summed E-state index contributed by atoms with van der Waals surface area (Å²) < 4.78 is 5.75. The lowest BCUT2D eigenvalue weighted by atomic mass is 9.82. The number of ether oxygens (including phenoxy) is 1. The van der Waals surface area contributed by atoms with Crippen LogP contribution in [-0.2, 0) is 32.1 Å². The molecule has 10 nitrogen and oxygen atoms in total. The van der Waals surface area contributed by atoms with Crippen molar-refractivity contribution in [3.63, 3.8) is 0 Å². The fourth-order valence-corrected chi connectivity index (χ4v) is 6.04. The van der Waals surface area contributed by atoms with Crippen LogP contribution in [0.15, 0.2) is 24.3 Å². The van der Waals surface area contributed by atoms with Crippen LogP contribution in [-0.4, -0.2) is 73.1 Å². The van der Waals surface area contributed by atoms with Gasteiger partial charge >= 0.3 is 6.09 Å². The average molecular weight is 556 g/mol. The van der Waals surface area contributed by atoms with E-state index in [2.05, 4.69) is 27.3 Å². The standard InChI is InChI=1S/C30H45N5O5/c1-30(2,3)25(28(38)33-24(27(37)31-4)20-11-6-5-7-12-20)34-26(36)23-16-22(17-32-23)40-29(39)35-15-14-19-10-8-9-13-21(19)18-35/h8-10,13,20,22-25,32H,5-7,11-12,14-18H2,1-4H3,(H,31,37)(H,33,38)(H,34,36)/t22-,23-,24-,25+/m0/s1. The molecule has 2 aliphatic heterocycles. The SMILES string of the molecule is CNC(=O)[C@@H](NC(=O)[C@@H](NC(=O)[C@@H]1C[C@H](OC(=O)N2CCc3ccccc3C2)CN1)C(C)(C)C)C1CCCCC1. The van der Waals surface area contributed by atoms with Crippen LogP contribution in [0, 0.1) is 11.3 Å². The first kappa shape index (κ1) is 29.8. The summed E-state index contributed by atoms with van der Waals surface area (Å²) in [6, 6.07) is 6.03. The third-order valence-corrected chi connectivity index (χ3v) is 8.43. The van der Waals surface area contributed by atoms with Crippen molar-refractivity contribution in [1.29, 1.82) is 0 Å². The van der Waals surface area contributed by atoms with E-state index in [-0.39, 0.29) is 29.7 Å². The largest absolute Gasteiger partial charge is 0.445 e. The molecular formula is C30H45N5O5. The highest BCUT2D eigenvalue weighted by Gasteiger charge is 2.40. The van der Waals surface area contributed by atoms with Gasteiger partial charge in [-0.05, 0) is 41.7 Å². The normalized spacial score (nSPS) is 22.9. The monoisotopic (exact) mass is 555 g/mol. The zero-order chi connectivity index (χ0) is 28.9. The van der Waals surface area contributed by atoms with Gasteiger partial charge in [-0.25, -0.2) is 4.79 Å². The van der Waals surface area contributed by atoms with Gasteiger partial charge in [0.15, 0.2) is 0 Å². The molecule has 0 aromatic heterocycles. The summed E-state index contributed by atoms with van der Waals surface area (Å²) >= 11 is 0. The summed E-state index contributed by atoms with van der Waals surface area (Å²) in [7, 11) is 1.58. The number of nitrogens with zero attached hydrogens (tertiary/aromatic N) is 1. The molecule has 4 atom stereocenters. The van der Waals surface area contributed by atoms with Gasteiger partial charge in [0, 0.05) is 33.1 Å². The highest BCUT2D eigenvalue weighted by molar-refractivity contribution is 5.93. The summed E-state index contributed by atoms with van der Waals surface area (Å²) in [4.78, 5) is 54.0. The molecule has 1 saturated carbocycles. The number of hydrogen-bond acceptors (Lipinski definition) is 6. The molecule has 1 aromatic carbocycles. The summed E-state index contributed by atoms with van der Waals surface area (Å²) in [5.74, 6) is -0.825. The van der Waals surface area contributed by atoms with Crippen molar-refractivity contribution < 1.29 is 23.9 Å². The molecule has 2 heterocycles. The Bertz CT molecular complexity index is 1080. The Balaban J connectivity index is 1.32. The van der Waals surface area contributed by atoms with Gasteiger partial charge in [0.2, 0.25) is 17.7 Å². The van der Waals surface area contributed by atoms with Crippen molar-refractivity contribution in [3.05, 3.63) is 35.4 Å².